The van der Waals surface area contributed by atoms with Crippen molar-refractivity contribution in [3.05, 3.63) is 35.9 Å². The lowest BCUT2D eigenvalue weighted by Gasteiger charge is -2.36. The molecule has 2 heterocycles. The van der Waals surface area contributed by atoms with Gasteiger partial charge in [0, 0.05) is 19.7 Å². The number of amides is 1. The zero-order chi connectivity index (χ0) is 17.1. The normalized spacial score (nSPS) is 26.3. The van der Waals surface area contributed by atoms with Crippen molar-refractivity contribution in [3.63, 3.8) is 0 Å². The summed E-state index contributed by atoms with van der Waals surface area (Å²) in [7, 11) is 0. The average Bonchev–Trinajstić information content (AvgIpc) is 3.11. The predicted octanol–water partition coefficient (Wildman–Crippen LogP) is 2.52. The number of likely N-dealkylation sites (tertiary alicyclic amines) is 1. The molecular formula is C19H25NO4. The van der Waals surface area contributed by atoms with Crippen LogP contribution in [-0.2, 0) is 14.3 Å². The van der Waals surface area contributed by atoms with E-state index in [4.69, 9.17) is 4.74 Å². The van der Waals surface area contributed by atoms with Gasteiger partial charge in [0.1, 0.15) is 0 Å². The lowest BCUT2D eigenvalue weighted by Crippen LogP contribution is -2.44. The Morgan fingerprint density at radius 2 is 1.83 bits per heavy atom. The van der Waals surface area contributed by atoms with Gasteiger partial charge >= 0.3 is 5.97 Å². The summed E-state index contributed by atoms with van der Waals surface area (Å²) >= 11 is 0. The van der Waals surface area contributed by atoms with Crippen molar-refractivity contribution in [1.29, 1.82) is 0 Å². The van der Waals surface area contributed by atoms with E-state index >= 15 is 0 Å². The zero-order valence-corrected chi connectivity index (χ0v) is 14.1. The Labute approximate surface area is 142 Å². The molecule has 3 atom stereocenters. The summed E-state index contributed by atoms with van der Waals surface area (Å²) in [5.41, 5.74) is 1.04. The summed E-state index contributed by atoms with van der Waals surface area (Å²) < 4.78 is 5.69. The highest BCUT2D eigenvalue weighted by molar-refractivity contribution is 5.83. The molecule has 0 bridgehead atoms. The fourth-order valence-corrected chi connectivity index (χ4v) is 3.95. The zero-order valence-electron chi connectivity index (χ0n) is 14.1. The second kappa shape index (κ2) is 7.34. The molecule has 5 nitrogen and oxygen atoms in total. The molecule has 3 rings (SSSR count). The number of piperidine rings is 1. The summed E-state index contributed by atoms with van der Waals surface area (Å²) in [5, 5.41) is 9.31. The van der Waals surface area contributed by atoms with Crippen molar-refractivity contribution in [2.75, 3.05) is 19.7 Å². The summed E-state index contributed by atoms with van der Waals surface area (Å²) in [4.78, 5) is 25.9. The standard InChI is InChI=1S/C19H25NO4/c1-13(14-5-3-2-4-6-14)18(21)20-10-7-15(8-11-20)17-16(19(22)23)9-12-24-17/h2-6,13,15-17H,7-12H2,1H3,(H,22,23)/t13-,16-,17+/m1/s1. The van der Waals surface area contributed by atoms with Crippen LogP contribution in [0.15, 0.2) is 30.3 Å². The van der Waals surface area contributed by atoms with Gasteiger partial charge in [-0.2, -0.15) is 0 Å². The third kappa shape index (κ3) is 3.46. The van der Waals surface area contributed by atoms with Crippen molar-refractivity contribution in [2.45, 2.75) is 38.2 Å². The maximum atomic E-state index is 12.7. The molecule has 1 aromatic rings. The Hall–Kier alpha value is -1.88. The summed E-state index contributed by atoms with van der Waals surface area (Å²) in [6.07, 6.45) is 2.06. The highest BCUT2D eigenvalue weighted by Gasteiger charge is 2.41. The Morgan fingerprint density at radius 3 is 2.46 bits per heavy atom. The monoisotopic (exact) mass is 331 g/mol. The van der Waals surface area contributed by atoms with E-state index in [-0.39, 0.29) is 29.8 Å². The first kappa shape index (κ1) is 17.0. The van der Waals surface area contributed by atoms with Crippen molar-refractivity contribution < 1.29 is 19.4 Å². The largest absolute Gasteiger partial charge is 0.481 e. The lowest BCUT2D eigenvalue weighted by atomic mass is 9.84. The van der Waals surface area contributed by atoms with Crippen LogP contribution in [0.25, 0.3) is 0 Å². The molecule has 1 aromatic carbocycles. The molecule has 0 spiro atoms. The van der Waals surface area contributed by atoms with E-state index in [1.807, 2.05) is 42.2 Å². The number of benzene rings is 1. The van der Waals surface area contributed by atoms with Gasteiger partial charge in [0.2, 0.25) is 5.91 Å². The number of ether oxygens (including phenoxy) is 1. The third-order valence-electron chi connectivity index (χ3n) is 5.44. The van der Waals surface area contributed by atoms with Crippen molar-refractivity contribution in [2.24, 2.45) is 11.8 Å². The molecule has 1 N–H and O–H groups in total. The van der Waals surface area contributed by atoms with Crippen LogP contribution in [0.5, 0.6) is 0 Å². The van der Waals surface area contributed by atoms with Crippen LogP contribution in [0.4, 0.5) is 0 Å². The van der Waals surface area contributed by atoms with Gasteiger partial charge in [-0.25, -0.2) is 0 Å². The average molecular weight is 331 g/mol. The predicted molar refractivity (Wildman–Crippen MR) is 89.6 cm³/mol. The number of hydrogen-bond donors (Lipinski definition) is 1. The molecule has 130 valence electrons. The summed E-state index contributed by atoms with van der Waals surface area (Å²) in [6, 6.07) is 9.83. The number of carboxylic acids is 1. The van der Waals surface area contributed by atoms with Crippen molar-refractivity contribution in [3.8, 4) is 0 Å². The van der Waals surface area contributed by atoms with Crippen LogP contribution in [0.1, 0.15) is 37.7 Å². The minimum atomic E-state index is -0.756. The maximum Gasteiger partial charge on any atom is 0.309 e. The number of carbonyl (C=O) groups excluding carboxylic acids is 1. The molecule has 24 heavy (non-hydrogen) atoms. The van der Waals surface area contributed by atoms with E-state index in [1.54, 1.807) is 0 Å². The molecule has 0 saturated carbocycles. The molecule has 0 aliphatic carbocycles. The van der Waals surface area contributed by atoms with Gasteiger partial charge in [0.15, 0.2) is 0 Å². The minimum absolute atomic E-state index is 0.141. The Morgan fingerprint density at radius 1 is 1.17 bits per heavy atom. The van der Waals surface area contributed by atoms with Crippen LogP contribution < -0.4 is 0 Å². The SMILES string of the molecule is C[C@@H](C(=O)N1CCC([C@@H]2OCC[C@H]2C(=O)O)CC1)c1ccccc1. The van der Waals surface area contributed by atoms with Crippen LogP contribution in [0.2, 0.25) is 0 Å². The third-order valence-corrected chi connectivity index (χ3v) is 5.44. The van der Waals surface area contributed by atoms with E-state index in [2.05, 4.69) is 0 Å². The molecule has 2 aliphatic rings. The topological polar surface area (TPSA) is 66.8 Å². The molecule has 2 saturated heterocycles. The molecule has 2 aliphatic heterocycles. The number of aliphatic carboxylic acids is 1. The van der Waals surface area contributed by atoms with E-state index in [0.29, 0.717) is 26.1 Å². The molecule has 0 radical (unpaired) electrons. The number of carboxylic acid groups (broad SMARTS) is 1. The Bertz CT molecular complexity index is 580. The van der Waals surface area contributed by atoms with Crippen molar-refractivity contribution >= 4 is 11.9 Å². The van der Waals surface area contributed by atoms with Crippen molar-refractivity contribution in [1.82, 2.24) is 4.90 Å². The van der Waals surface area contributed by atoms with Crippen LogP contribution in [-0.4, -0.2) is 47.7 Å². The van der Waals surface area contributed by atoms with Gasteiger partial charge in [-0.1, -0.05) is 30.3 Å². The molecular weight excluding hydrogens is 306 g/mol. The first-order valence-electron chi connectivity index (χ1n) is 8.76. The number of rotatable bonds is 4. The lowest BCUT2D eigenvalue weighted by molar-refractivity contribution is -0.146. The van der Waals surface area contributed by atoms with E-state index in [1.165, 1.54) is 0 Å². The van der Waals surface area contributed by atoms with Crippen LogP contribution in [0, 0.1) is 11.8 Å². The van der Waals surface area contributed by atoms with E-state index < -0.39 is 5.97 Å². The number of hydrogen-bond acceptors (Lipinski definition) is 3. The van der Waals surface area contributed by atoms with E-state index in [0.717, 1.165) is 18.4 Å². The Kier molecular flexibility index (Phi) is 5.19. The molecule has 0 aromatic heterocycles. The smallest absolute Gasteiger partial charge is 0.309 e. The van der Waals surface area contributed by atoms with Gasteiger partial charge in [-0.3, -0.25) is 9.59 Å². The first-order chi connectivity index (χ1) is 11.6. The van der Waals surface area contributed by atoms with Gasteiger partial charge in [-0.05, 0) is 37.7 Å². The maximum absolute atomic E-state index is 12.7. The fraction of sp³-hybridized carbons (Fsp3) is 0.579. The van der Waals surface area contributed by atoms with Gasteiger partial charge in [-0.15, -0.1) is 0 Å². The van der Waals surface area contributed by atoms with Gasteiger partial charge in [0.25, 0.3) is 0 Å². The second-order valence-corrected chi connectivity index (χ2v) is 6.86. The minimum Gasteiger partial charge on any atom is -0.481 e. The fourth-order valence-electron chi connectivity index (χ4n) is 3.95. The van der Waals surface area contributed by atoms with Gasteiger partial charge < -0.3 is 14.7 Å². The molecule has 1 amide bonds. The quantitative estimate of drug-likeness (QED) is 0.920. The summed E-state index contributed by atoms with van der Waals surface area (Å²) in [6.45, 7) is 3.86. The number of nitrogens with zero attached hydrogens (tertiary/aromatic N) is 1. The number of carbonyl (C=O) groups is 2. The molecule has 5 heteroatoms. The van der Waals surface area contributed by atoms with Crippen LogP contribution >= 0.6 is 0 Å². The molecule has 2 fully saturated rings. The second-order valence-electron chi connectivity index (χ2n) is 6.86. The Balaban J connectivity index is 1.57. The molecule has 0 unspecified atom stereocenters. The highest BCUT2D eigenvalue weighted by atomic mass is 16.5. The van der Waals surface area contributed by atoms with Crippen LogP contribution in [0.3, 0.4) is 0 Å². The summed E-state index contributed by atoms with van der Waals surface area (Å²) in [5.74, 6) is -0.891. The highest BCUT2D eigenvalue weighted by Crippen LogP contribution is 2.34. The first-order valence-corrected chi connectivity index (χ1v) is 8.76. The van der Waals surface area contributed by atoms with Gasteiger partial charge in [0.05, 0.1) is 17.9 Å². The van der Waals surface area contributed by atoms with E-state index in [9.17, 15) is 14.7 Å².